The van der Waals surface area contributed by atoms with Crippen molar-refractivity contribution in [3.8, 4) is 0 Å². The molecule has 0 aliphatic heterocycles. The van der Waals surface area contributed by atoms with E-state index in [9.17, 15) is 9.59 Å². The summed E-state index contributed by atoms with van der Waals surface area (Å²) in [6, 6.07) is 0. The van der Waals surface area contributed by atoms with Crippen molar-refractivity contribution in [2.45, 2.75) is 6.92 Å². The van der Waals surface area contributed by atoms with E-state index in [1.165, 1.54) is 6.92 Å². The molecule has 0 bridgehead atoms. The second kappa shape index (κ2) is 4.01. The van der Waals surface area contributed by atoms with Crippen molar-refractivity contribution >= 4 is 29.3 Å². The van der Waals surface area contributed by atoms with Crippen LogP contribution in [0.1, 0.15) is 17.4 Å². The molecule has 0 unspecified atom stereocenters. The average Bonchev–Trinajstić information content (AvgIpc) is 2.07. The van der Waals surface area contributed by atoms with E-state index in [0.717, 1.165) is 6.20 Å². The van der Waals surface area contributed by atoms with Gasteiger partial charge in [-0.3, -0.25) is 4.79 Å². The molecule has 0 spiro atoms. The zero-order valence-corrected chi connectivity index (χ0v) is 7.87. The number of aromatic nitrogens is 2. The predicted octanol–water partition coefficient (Wildman–Crippen LogP) is 0.787. The van der Waals surface area contributed by atoms with E-state index in [-0.39, 0.29) is 22.6 Å². The highest BCUT2D eigenvalue weighted by Crippen LogP contribution is 2.15. The average molecular weight is 216 g/mol. The first kappa shape index (κ1) is 10.4. The number of hydrogen-bond acceptors (Lipinski definition) is 4. The number of nitrogens with one attached hydrogen (secondary N) is 1. The largest absolute Gasteiger partial charge is 0.476 e. The smallest absolute Gasteiger partial charge is 0.356 e. The molecule has 6 nitrogen and oxygen atoms in total. The van der Waals surface area contributed by atoms with Crippen LogP contribution in [0.2, 0.25) is 5.15 Å². The molecule has 7 heteroatoms. The van der Waals surface area contributed by atoms with Gasteiger partial charge >= 0.3 is 5.97 Å². The molecule has 1 amide bonds. The Kier molecular flexibility index (Phi) is 2.98. The molecule has 0 aliphatic rings. The first-order valence-electron chi connectivity index (χ1n) is 3.54. The fraction of sp³-hybridized carbons (Fsp3) is 0.143. The Labute approximate surface area is 83.9 Å². The van der Waals surface area contributed by atoms with E-state index in [0.29, 0.717) is 0 Å². The third kappa shape index (κ3) is 2.40. The van der Waals surface area contributed by atoms with E-state index in [1.54, 1.807) is 0 Å². The van der Waals surface area contributed by atoms with Crippen molar-refractivity contribution in [2.24, 2.45) is 0 Å². The van der Waals surface area contributed by atoms with E-state index in [4.69, 9.17) is 16.7 Å². The molecule has 0 radical (unpaired) electrons. The van der Waals surface area contributed by atoms with Gasteiger partial charge in [0.25, 0.3) is 0 Å². The number of rotatable bonds is 2. The highest BCUT2D eigenvalue weighted by Gasteiger charge is 2.10. The summed E-state index contributed by atoms with van der Waals surface area (Å²) in [5.74, 6) is -1.54. The fourth-order valence-corrected chi connectivity index (χ4v) is 0.907. The minimum atomic E-state index is -1.23. The summed E-state index contributed by atoms with van der Waals surface area (Å²) in [5.41, 5.74) is -0.274. The number of carbonyl (C=O) groups is 2. The maximum absolute atomic E-state index is 10.6. The normalized spacial score (nSPS) is 9.57. The molecule has 1 aromatic heterocycles. The van der Waals surface area contributed by atoms with Gasteiger partial charge in [-0.2, -0.15) is 0 Å². The molecule has 2 N–H and O–H groups in total. The molecular formula is C7H6ClN3O3. The van der Waals surface area contributed by atoms with Crippen LogP contribution in [0.15, 0.2) is 6.20 Å². The van der Waals surface area contributed by atoms with Gasteiger partial charge in [0.05, 0.1) is 6.20 Å². The molecule has 1 heterocycles. The number of anilines is 1. The topological polar surface area (TPSA) is 92.2 Å². The number of hydrogen-bond donors (Lipinski definition) is 2. The molecule has 0 aromatic carbocycles. The maximum Gasteiger partial charge on any atom is 0.356 e. The molecule has 14 heavy (non-hydrogen) atoms. The van der Waals surface area contributed by atoms with Crippen LogP contribution >= 0.6 is 11.6 Å². The van der Waals surface area contributed by atoms with Crippen LogP contribution in [-0.4, -0.2) is 27.0 Å². The Balaban J connectivity index is 3.01. The lowest BCUT2D eigenvalue weighted by Crippen LogP contribution is -2.10. The summed E-state index contributed by atoms with van der Waals surface area (Å²) >= 11 is 5.57. The maximum atomic E-state index is 10.6. The molecule has 0 atom stereocenters. The van der Waals surface area contributed by atoms with Gasteiger partial charge in [0.1, 0.15) is 0 Å². The third-order valence-electron chi connectivity index (χ3n) is 1.24. The summed E-state index contributed by atoms with van der Waals surface area (Å²) < 4.78 is 0. The van der Waals surface area contributed by atoms with Crippen molar-refractivity contribution in [3.63, 3.8) is 0 Å². The van der Waals surface area contributed by atoms with Crippen molar-refractivity contribution in [1.82, 2.24) is 9.97 Å². The standard InChI is InChI=1S/C7H6ClN3O3/c1-3(12)10-6-5(8)11-4(2-9-6)7(13)14/h2H,1H3,(H,13,14)(H,9,10,12). The summed E-state index contributed by atoms with van der Waals surface area (Å²) in [5, 5.41) is 10.7. The van der Waals surface area contributed by atoms with Gasteiger partial charge in [0.2, 0.25) is 5.91 Å². The quantitative estimate of drug-likeness (QED) is 0.761. The van der Waals surface area contributed by atoms with Crippen LogP contribution in [-0.2, 0) is 4.79 Å². The van der Waals surface area contributed by atoms with Crippen molar-refractivity contribution in [1.29, 1.82) is 0 Å². The molecular weight excluding hydrogens is 210 g/mol. The van der Waals surface area contributed by atoms with Gasteiger partial charge in [0.15, 0.2) is 16.7 Å². The fourth-order valence-electron chi connectivity index (χ4n) is 0.720. The molecule has 0 fully saturated rings. The van der Waals surface area contributed by atoms with Gasteiger partial charge in [-0.15, -0.1) is 0 Å². The number of amides is 1. The zero-order valence-electron chi connectivity index (χ0n) is 7.11. The molecule has 1 rings (SSSR count). The van der Waals surface area contributed by atoms with Crippen LogP contribution in [0.5, 0.6) is 0 Å². The minimum Gasteiger partial charge on any atom is -0.476 e. The summed E-state index contributed by atoms with van der Waals surface area (Å²) in [7, 11) is 0. The van der Waals surface area contributed by atoms with Crippen molar-refractivity contribution in [3.05, 3.63) is 17.0 Å². The monoisotopic (exact) mass is 215 g/mol. The van der Waals surface area contributed by atoms with Gasteiger partial charge in [0, 0.05) is 6.92 Å². The van der Waals surface area contributed by atoms with Crippen molar-refractivity contribution < 1.29 is 14.7 Å². The van der Waals surface area contributed by atoms with Gasteiger partial charge in [-0.25, -0.2) is 14.8 Å². The predicted molar refractivity (Wildman–Crippen MR) is 48.3 cm³/mol. The van der Waals surface area contributed by atoms with Gasteiger partial charge in [-0.05, 0) is 0 Å². The first-order chi connectivity index (χ1) is 6.50. The lowest BCUT2D eigenvalue weighted by Gasteiger charge is -2.02. The number of nitrogens with zero attached hydrogens (tertiary/aromatic N) is 2. The Morgan fingerprint density at radius 3 is 2.64 bits per heavy atom. The van der Waals surface area contributed by atoms with Crippen LogP contribution in [0.4, 0.5) is 5.82 Å². The van der Waals surface area contributed by atoms with Crippen LogP contribution in [0.3, 0.4) is 0 Å². The minimum absolute atomic E-state index is 0.0455. The third-order valence-corrected chi connectivity index (χ3v) is 1.51. The summed E-state index contributed by atoms with van der Waals surface area (Å²) in [4.78, 5) is 28.2. The number of aromatic carboxylic acids is 1. The van der Waals surface area contributed by atoms with E-state index in [1.807, 2.05) is 0 Å². The Morgan fingerprint density at radius 1 is 1.57 bits per heavy atom. The summed E-state index contributed by atoms with van der Waals surface area (Å²) in [6.07, 6.45) is 1.01. The highest BCUT2D eigenvalue weighted by molar-refractivity contribution is 6.32. The summed E-state index contributed by atoms with van der Waals surface area (Å²) in [6.45, 7) is 1.28. The second-order valence-corrected chi connectivity index (χ2v) is 2.74. The Hall–Kier alpha value is -1.69. The van der Waals surface area contributed by atoms with E-state index < -0.39 is 5.97 Å². The van der Waals surface area contributed by atoms with Gasteiger partial charge < -0.3 is 10.4 Å². The Bertz CT molecular complexity index is 394. The van der Waals surface area contributed by atoms with E-state index >= 15 is 0 Å². The molecule has 74 valence electrons. The number of halogens is 1. The van der Waals surface area contributed by atoms with Gasteiger partial charge in [-0.1, -0.05) is 11.6 Å². The molecule has 0 saturated heterocycles. The van der Waals surface area contributed by atoms with Crippen LogP contribution in [0.25, 0.3) is 0 Å². The number of carboxylic acids is 1. The number of carbonyl (C=O) groups excluding carboxylic acids is 1. The zero-order chi connectivity index (χ0) is 10.7. The molecule has 1 aromatic rings. The Morgan fingerprint density at radius 2 is 2.21 bits per heavy atom. The second-order valence-electron chi connectivity index (χ2n) is 2.38. The number of carboxylic acid groups (broad SMARTS) is 1. The highest BCUT2D eigenvalue weighted by atomic mass is 35.5. The SMILES string of the molecule is CC(=O)Nc1ncc(C(=O)O)nc1Cl. The lowest BCUT2D eigenvalue weighted by atomic mass is 10.4. The van der Waals surface area contributed by atoms with E-state index in [2.05, 4.69) is 15.3 Å². The van der Waals surface area contributed by atoms with Crippen LogP contribution < -0.4 is 5.32 Å². The van der Waals surface area contributed by atoms with Crippen LogP contribution in [0, 0.1) is 0 Å². The first-order valence-corrected chi connectivity index (χ1v) is 3.92. The lowest BCUT2D eigenvalue weighted by molar-refractivity contribution is -0.114. The van der Waals surface area contributed by atoms with Crippen molar-refractivity contribution in [2.75, 3.05) is 5.32 Å². The molecule has 0 aliphatic carbocycles. The molecule has 0 saturated carbocycles.